The molecule has 35 heavy (non-hydrogen) atoms. The number of benzene rings is 2. The summed E-state index contributed by atoms with van der Waals surface area (Å²) in [4.78, 5) is 7.42. The molecule has 10 heteroatoms. The van der Waals surface area contributed by atoms with Crippen LogP contribution in [-0.4, -0.2) is 57.3 Å². The number of ether oxygens (including phenoxy) is 1. The lowest BCUT2D eigenvalue weighted by Gasteiger charge is -2.15. The molecule has 178 valence electrons. The summed E-state index contributed by atoms with van der Waals surface area (Å²) >= 11 is 1.66. The van der Waals surface area contributed by atoms with Crippen molar-refractivity contribution in [3.05, 3.63) is 66.1 Å². The van der Waals surface area contributed by atoms with Crippen molar-refractivity contribution in [2.45, 2.75) is 6.92 Å². The molecule has 3 aromatic heterocycles. The van der Waals surface area contributed by atoms with Crippen molar-refractivity contribution < 1.29 is 9.13 Å². The van der Waals surface area contributed by atoms with Gasteiger partial charge in [0, 0.05) is 33.4 Å². The van der Waals surface area contributed by atoms with Crippen LogP contribution in [0, 0.1) is 12.7 Å². The zero-order chi connectivity index (χ0) is 24.5. The molecule has 0 amide bonds. The van der Waals surface area contributed by atoms with Crippen molar-refractivity contribution in [1.82, 2.24) is 30.1 Å². The number of halogens is 1. The number of fused-ring (bicyclic) bond motifs is 1. The Kier molecular flexibility index (Phi) is 6.14. The second-order valence-corrected chi connectivity index (χ2v) is 9.48. The molecule has 2 aromatic carbocycles. The molecule has 2 N–H and O–H groups in total. The Morgan fingerprint density at radius 1 is 1.14 bits per heavy atom. The minimum absolute atomic E-state index is 0.203. The van der Waals surface area contributed by atoms with E-state index in [1.165, 1.54) is 9.38 Å². The Morgan fingerprint density at radius 2 is 1.97 bits per heavy atom. The Balaban J connectivity index is 1.52. The van der Waals surface area contributed by atoms with Crippen LogP contribution in [0.2, 0.25) is 0 Å². The van der Waals surface area contributed by atoms with Gasteiger partial charge in [0.05, 0.1) is 5.56 Å². The average Bonchev–Trinajstić information content (AvgIpc) is 3.49. The van der Waals surface area contributed by atoms with Gasteiger partial charge in [0.15, 0.2) is 11.6 Å². The van der Waals surface area contributed by atoms with Crippen molar-refractivity contribution >= 4 is 27.2 Å². The van der Waals surface area contributed by atoms with Crippen molar-refractivity contribution in [2.75, 3.05) is 33.0 Å². The van der Waals surface area contributed by atoms with E-state index in [1.807, 2.05) is 37.2 Å². The van der Waals surface area contributed by atoms with Crippen molar-refractivity contribution in [1.29, 1.82) is 0 Å². The molecule has 0 aliphatic rings. The number of nitrogens with zero attached hydrogens (tertiary/aromatic N) is 6. The summed E-state index contributed by atoms with van der Waals surface area (Å²) in [6.07, 6.45) is 1.72. The van der Waals surface area contributed by atoms with Crippen LogP contribution in [0.25, 0.3) is 37.6 Å². The second-order valence-electron chi connectivity index (χ2n) is 8.39. The van der Waals surface area contributed by atoms with Gasteiger partial charge in [-0.05, 0) is 67.2 Å². The van der Waals surface area contributed by atoms with Crippen LogP contribution < -0.4 is 10.5 Å². The molecule has 0 radical (unpaired) electrons. The monoisotopic (exact) mass is 489 g/mol. The van der Waals surface area contributed by atoms with Crippen LogP contribution in [-0.2, 0) is 0 Å². The third-order valence-electron chi connectivity index (χ3n) is 5.68. The standard InChI is InChI=1S/C25H24FN7OS/c1-15-20(34-11-10-32(2)3)9-8-19(23(15)26)33-25(29-30-31-33)18-12-17(14-28-24(18)27)22-13-16-6-4-5-7-21(16)35-22/h4-9,12-14H,10-11H2,1-3H3,(H2,27,28). The van der Waals surface area contributed by atoms with Gasteiger partial charge in [0.1, 0.15) is 23.9 Å². The number of pyridine rings is 1. The maximum atomic E-state index is 15.4. The van der Waals surface area contributed by atoms with Gasteiger partial charge in [-0.15, -0.1) is 16.4 Å². The molecule has 5 aromatic rings. The highest BCUT2D eigenvalue weighted by Gasteiger charge is 2.20. The lowest BCUT2D eigenvalue weighted by atomic mass is 10.1. The minimum Gasteiger partial charge on any atom is -0.492 e. The number of hydrogen-bond donors (Lipinski definition) is 1. The van der Waals surface area contributed by atoms with E-state index in [1.54, 1.807) is 36.6 Å². The molecule has 0 fully saturated rings. The number of tetrazole rings is 1. The number of nitrogen functional groups attached to an aromatic ring is 1. The molecule has 0 atom stereocenters. The zero-order valence-electron chi connectivity index (χ0n) is 19.6. The van der Waals surface area contributed by atoms with Crippen LogP contribution in [0.1, 0.15) is 5.56 Å². The lowest BCUT2D eigenvalue weighted by molar-refractivity contribution is 0.259. The van der Waals surface area contributed by atoms with Gasteiger partial charge in [0.25, 0.3) is 0 Å². The van der Waals surface area contributed by atoms with Gasteiger partial charge in [-0.2, -0.15) is 4.68 Å². The number of thiophene rings is 1. The van der Waals surface area contributed by atoms with E-state index in [2.05, 4.69) is 38.7 Å². The highest BCUT2D eigenvalue weighted by molar-refractivity contribution is 7.22. The molecular weight excluding hydrogens is 465 g/mol. The number of aromatic nitrogens is 5. The predicted molar refractivity (Wildman–Crippen MR) is 136 cm³/mol. The van der Waals surface area contributed by atoms with E-state index in [9.17, 15) is 0 Å². The molecule has 0 saturated heterocycles. The number of nitrogens with two attached hydrogens (primary N) is 1. The Morgan fingerprint density at radius 3 is 2.77 bits per heavy atom. The molecule has 0 spiro atoms. The Bertz CT molecular complexity index is 1480. The van der Waals surface area contributed by atoms with E-state index in [0.29, 0.717) is 29.3 Å². The van der Waals surface area contributed by atoms with E-state index < -0.39 is 5.82 Å². The normalized spacial score (nSPS) is 11.5. The number of rotatable bonds is 7. The van der Waals surface area contributed by atoms with Crippen molar-refractivity contribution in [2.24, 2.45) is 0 Å². The molecule has 3 heterocycles. The van der Waals surface area contributed by atoms with Crippen molar-refractivity contribution in [3.63, 3.8) is 0 Å². The first-order chi connectivity index (χ1) is 16.9. The first-order valence-corrected chi connectivity index (χ1v) is 11.8. The number of hydrogen-bond acceptors (Lipinski definition) is 8. The van der Waals surface area contributed by atoms with Gasteiger partial charge >= 0.3 is 0 Å². The summed E-state index contributed by atoms with van der Waals surface area (Å²) in [7, 11) is 3.91. The summed E-state index contributed by atoms with van der Waals surface area (Å²) in [5.74, 6) is 0.577. The smallest absolute Gasteiger partial charge is 0.190 e. The maximum Gasteiger partial charge on any atom is 0.190 e. The summed E-state index contributed by atoms with van der Waals surface area (Å²) in [6, 6.07) is 15.5. The van der Waals surface area contributed by atoms with E-state index in [0.717, 1.165) is 22.4 Å². The SMILES string of the molecule is Cc1c(OCCN(C)C)ccc(-n2nnnc2-c2cc(-c3cc4ccccc4s3)cnc2N)c1F. The van der Waals surface area contributed by atoms with Gasteiger partial charge < -0.3 is 15.4 Å². The first-order valence-electron chi connectivity index (χ1n) is 11.0. The zero-order valence-corrected chi connectivity index (χ0v) is 20.4. The molecule has 0 aliphatic carbocycles. The Labute approximate surface area is 205 Å². The summed E-state index contributed by atoms with van der Waals surface area (Å²) in [6.45, 7) is 2.85. The highest BCUT2D eigenvalue weighted by atomic mass is 32.1. The minimum atomic E-state index is -0.465. The summed E-state index contributed by atoms with van der Waals surface area (Å²) in [5, 5.41) is 13.1. The van der Waals surface area contributed by atoms with Crippen LogP contribution in [0.15, 0.2) is 54.7 Å². The van der Waals surface area contributed by atoms with Gasteiger partial charge in [-0.3, -0.25) is 0 Å². The molecule has 0 aliphatic heterocycles. The van der Waals surface area contributed by atoms with E-state index in [-0.39, 0.29) is 11.5 Å². The number of likely N-dealkylation sites (N-methyl/N-ethyl adjacent to an activating group) is 1. The molecular formula is C25H24FN7OS. The topological polar surface area (TPSA) is 95.0 Å². The quantitative estimate of drug-likeness (QED) is 0.358. The summed E-state index contributed by atoms with van der Waals surface area (Å²) < 4.78 is 23.7. The largest absolute Gasteiger partial charge is 0.492 e. The van der Waals surface area contributed by atoms with Crippen molar-refractivity contribution in [3.8, 4) is 33.3 Å². The molecule has 0 bridgehead atoms. The first kappa shape index (κ1) is 22.9. The van der Waals surface area contributed by atoms with E-state index >= 15 is 4.39 Å². The van der Waals surface area contributed by atoms with E-state index in [4.69, 9.17) is 10.5 Å². The molecule has 0 saturated carbocycles. The van der Waals surface area contributed by atoms with Gasteiger partial charge in [0.2, 0.25) is 0 Å². The summed E-state index contributed by atoms with van der Waals surface area (Å²) in [5.41, 5.74) is 8.21. The molecule has 0 unspecified atom stereocenters. The van der Waals surface area contributed by atoms with Gasteiger partial charge in [-0.1, -0.05) is 18.2 Å². The molecule has 8 nitrogen and oxygen atoms in total. The van der Waals surface area contributed by atoms with Crippen LogP contribution in [0.3, 0.4) is 0 Å². The third kappa shape index (κ3) is 4.45. The predicted octanol–water partition coefficient (Wildman–Crippen LogP) is 4.58. The number of anilines is 1. The van der Waals surface area contributed by atoms with Crippen LogP contribution in [0.5, 0.6) is 5.75 Å². The molecule has 5 rings (SSSR count). The van der Waals surface area contributed by atoms with Crippen LogP contribution >= 0.6 is 11.3 Å². The fourth-order valence-electron chi connectivity index (χ4n) is 3.74. The Hall–Kier alpha value is -3.89. The van der Waals surface area contributed by atoms with Gasteiger partial charge in [-0.25, -0.2) is 9.37 Å². The third-order valence-corrected chi connectivity index (χ3v) is 6.84. The average molecular weight is 490 g/mol. The fourth-order valence-corrected chi connectivity index (χ4v) is 4.79. The highest BCUT2D eigenvalue weighted by Crippen LogP contribution is 2.36. The maximum absolute atomic E-state index is 15.4. The van der Waals surface area contributed by atoms with Crippen LogP contribution in [0.4, 0.5) is 10.2 Å². The lowest BCUT2D eigenvalue weighted by Crippen LogP contribution is -2.19. The fraction of sp³-hybridized carbons (Fsp3) is 0.200. The second kappa shape index (κ2) is 9.40.